The summed E-state index contributed by atoms with van der Waals surface area (Å²) >= 11 is 5.84. The first kappa shape index (κ1) is 14.5. The van der Waals surface area contributed by atoms with Gasteiger partial charge in [0.05, 0.1) is 10.5 Å². The van der Waals surface area contributed by atoms with Gasteiger partial charge in [-0.25, -0.2) is 0 Å². The fourth-order valence-corrected chi connectivity index (χ4v) is 1.94. The summed E-state index contributed by atoms with van der Waals surface area (Å²) in [6.45, 7) is 4.68. The summed E-state index contributed by atoms with van der Waals surface area (Å²) < 4.78 is 0. The van der Waals surface area contributed by atoms with Crippen molar-refractivity contribution in [3.05, 3.63) is 27.1 Å². The number of thiocarbonyl (C=S) groups is 1. The molecule has 0 aliphatic carbocycles. The molecule has 1 rings (SSSR count). The molecular formula is C10H13N3O3S2. The van der Waals surface area contributed by atoms with Gasteiger partial charge in [-0.05, 0) is 18.1 Å². The van der Waals surface area contributed by atoms with Gasteiger partial charge >= 0.3 is 5.00 Å². The smallest absolute Gasteiger partial charge is 0.324 e. The zero-order valence-corrected chi connectivity index (χ0v) is 11.6. The number of nitrogens with one attached hydrogen (secondary N) is 2. The van der Waals surface area contributed by atoms with E-state index in [9.17, 15) is 14.9 Å². The van der Waals surface area contributed by atoms with E-state index >= 15 is 0 Å². The van der Waals surface area contributed by atoms with Crippen molar-refractivity contribution in [1.29, 1.82) is 0 Å². The van der Waals surface area contributed by atoms with Gasteiger partial charge in [0.1, 0.15) is 0 Å². The number of nitro groups is 1. The van der Waals surface area contributed by atoms with Gasteiger partial charge in [-0.15, -0.1) is 0 Å². The summed E-state index contributed by atoms with van der Waals surface area (Å²) in [5.41, 5.74) is 0.236. The number of hydrogen-bond donors (Lipinski definition) is 2. The highest BCUT2D eigenvalue weighted by Crippen LogP contribution is 2.22. The SMILES string of the molecule is CC(C)CNC(=S)NC(=O)c1csc([N+](=O)[O-])c1. The van der Waals surface area contributed by atoms with Crippen molar-refractivity contribution >= 4 is 39.6 Å². The van der Waals surface area contributed by atoms with Crippen LogP contribution in [0.2, 0.25) is 0 Å². The van der Waals surface area contributed by atoms with Crippen molar-refractivity contribution in [2.45, 2.75) is 13.8 Å². The van der Waals surface area contributed by atoms with Crippen LogP contribution >= 0.6 is 23.6 Å². The predicted octanol–water partition coefficient (Wildman–Crippen LogP) is 1.92. The molecule has 6 nitrogen and oxygen atoms in total. The highest BCUT2D eigenvalue weighted by molar-refractivity contribution is 7.80. The van der Waals surface area contributed by atoms with Gasteiger partial charge in [-0.2, -0.15) is 0 Å². The molecule has 0 saturated heterocycles. The number of rotatable bonds is 4. The van der Waals surface area contributed by atoms with Crippen molar-refractivity contribution in [3.63, 3.8) is 0 Å². The number of hydrogen-bond acceptors (Lipinski definition) is 5. The minimum absolute atomic E-state index is 0.0683. The van der Waals surface area contributed by atoms with Crippen LogP contribution in [0.1, 0.15) is 24.2 Å². The molecule has 98 valence electrons. The highest BCUT2D eigenvalue weighted by Gasteiger charge is 2.15. The van der Waals surface area contributed by atoms with Gasteiger partial charge < -0.3 is 5.32 Å². The number of thiophene rings is 1. The molecule has 0 aromatic carbocycles. The van der Waals surface area contributed by atoms with Gasteiger partial charge in [0.2, 0.25) is 0 Å². The lowest BCUT2D eigenvalue weighted by molar-refractivity contribution is -0.380. The molecular weight excluding hydrogens is 274 g/mol. The quantitative estimate of drug-likeness (QED) is 0.502. The third-order valence-electron chi connectivity index (χ3n) is 1.93. The highest BCUT2D eigenvalue weighted by atomic mass is 32.1. The van der Waals surface area contributed by atoms with E-state index in [1.54, 1.807) is 0 Å². The molecule has 0 aliphatic heterocycles. The van der Waals surface area contributed by atoms with Crippen molar-refractivity contribution < 1.29 is 9.72 Å². The Balaban J connectivity index is 2.54. The zero-order chi connectivity index (χ0) is 13.7. The third kappa shape index (κ3) is 4.38. The molecule has 18 heavy (non-hydrogen) atoms. The van der Waals surface area contributed by atoms with Crippen LogP contribution in [-0.2, 0) is 0 Å². The Morgan fingerprint density at radius 1 is 1.61 bits per heavy atom. The second-order valence-electron chi connectivity index (χ2n) is 3.99. The van der Waals surface area contributed by atoms with E-state index in [0.29, 0.717) is 12.5 Å². The molecule has 0 aliphatic rings. The molecule has 0 atom stereocenters. The Bertz CT molecular complexity index is 471. The van der Waals surface area contributed by atoms with Gasteiger partial charge in [0, 0.05) is 18.0 Å². The summed E-state index contributed by atoms with van der Waals surface area (Å²) in [7, 11) is 0. The molecule has 1 heterocycles. The van der Waals surface area contributed by atoms with E-state index in [1.807, 2.05) is 13.8 Å². The Morgan fingerprint density at radius 2 is 2.28 bits per heavy atom. The molecule has 1 amide bonds. The van der Waals surface area contributed by atoms with Gasteiger partial charge in [-0.1, -0.05) is 25.2 Å². The van der Waals surface area contributed by atoms with E-state index in [4.69, 9.17) is 12.2 Å². The standard InChI is InChI=1S/C10H13N3O3S2/c1-6(2)4-11-10(17)12-9(14)7-3-8(13(15)16)18-5-7/h3,5-6H,4H2,1-2H3,(H2,11,12,14,17). The van der Waals surface area contributed by atoms with Crippen LogP contribution in [0.3, 0.4) is 0 Å². The number of carbonyl (C=O) groups excluding carboxylic acids is 1. The molecule has 8 heteroatoms. The monoisotopic (exact) mass is 287 g/mol. The fraction of sp³-hybridized carbons (Fsp3) is 0.400. The number of carbonyl (C=O) groups is 1. The first-order chi connectivity index (χ1) is 8.40. The summed E-state index contributed by atoms with van der Waals surface area (Å²) in [6, 6.07) is 1.23. The lowest BCUT2D eigenvalue weighted by Crippen LogP contribution is -2.40. The van der Waals surface area contributed by atoms with Crippen LogP contribution in [0, 0.1) is 16.0 Å². The molecule has 1 aromatic heterocycles. The van der Waals surface area contributed by atoms with E-state index in [2.05, 4.69) is 10.6 Å². The Kier molecular flexibility index (Phi) is 5.17. The van der Waals surface area contributed by atoms with Gasteiger partial charge in [-0.3, -0.25) is 20.2 Å². The average Bonchev–Trinajstić information content (AvgIpc) is 2.75. The van der Waals surface area contributed by atoms with E-state index < -0.39 is 10.8 Å². The summed E-state index contributed by atoms with van der Waals surface area (Å²) in [5.74, 6) is -0.0392. The van der Waals surface area contributed by atoms with Crippen LogP contribution in [0.15, 0.2) is 11.4 Å². The maximum Gasteiger partial charge on any atom is 0.324 e. The van der Waals surface area contributed by atoms with Crippen molar-refractivity contribution in [2.24, 2.45) is 5.92 Å². The lowest BCUT2D eigenvalue weighted by atomic mass is 10.2. The second kappa shape index (κ2) is 6.41. The van der Waals surface area contributed by atoms with Crippen LogP contribution in [0.4, 0.5) is 5.00 Å². The molecule has 0 bridgehead atoms. The Labute approximate surface area is 114 Å². The molecule has 0 fully saturated rings. The zero-order valence-electron chi connectivity index (χ0n) is 9.93. The van der Waals surface area contributed by atoms with Crippen molar-refractivity contribution in [2.75, 3.05) is 6.54 Å². The van der Waals surface area contributed by atoms with Gasteiger partial charge in [0.25, 0.3) is 5.91 Å². The first-order valence-corrected chi connectivity index (χ1v) is 6.51. The molecule has 0 unspecified atom stereocenters. The maximum absolute atomic E-state index is 11.7. The van der Waals surface area contributed by atoms with E-state index in [1.165, 1.54) is 11.4 Å². The van der Waals surface area contributed by atoms with Crippen LogP contribution in [-0.4, -0.2) is 22.5 Å². The van der Waals surface area contributed by atoms with Crippen molar-refractivity contribution in [1.82, 2.24) is 10.6 Å². The molecule has 0 radical (unpaired) electrons. The Hall–Kier alpha value is -1.54. The minimum Gasteiger partial charge on any atom is -0.362 e. The fourth-order valence-electron chi connectivity index (χ4n) is 1.06. The maximum atomic E-state index is 11.7. The summed E-state index contributed by atoms with van der Waals surface area (Å²) in [4.78, 5) is 21.6. The normalized spacial score (nSPS) is 10.2. The Morgan fingerprint density at radius 3 is 2.78 bits per heavy atom. The van der Waals surface area contributed by atoms with Crippen molar-refractivity contribution in [3.8, 4) is 0 Å². The molecule has 2 N–H and O–H groups in total. The average molecular weight is 287 g/mol. The number of amides is 1. The second-order valence-corrected chi connectivity index (χ2v) is 5.29. The minimum atomic E-state index is -0.531. The third-order valence-corrected chi connectivity index (χ3v) is 3.05. The molecule has 0 saturated carbocycles. The molecule has 1 aromatic rings. The molecule has 0 spiro atoms. The summed E-state index contributed by atoms with van der Waals surface area (Å²) in [6.07, 6.45) is 0. The summed E-state index contributed by atoms with van der Waals surface area (Å²) in [5, 5.41) is 17.4. The predicted molar refractivity (Wildman–Crippen MR) is 73.9 cm³/mol. The number of nitrogens with zero attached hydrogens (tertiary/aromatic N) is 1. The van der Waals surface area contributed by atoms with E-state index in [-0.39, 0.29) is 15.7 Å². The van der Waals surface area contributed by atoms with Gasteiger partial charge in [0.15, 0.2) is 5.11 Å². The topological polar surface area (TPSA) is 84.3 Å². The van der Waals surface area contributed by atoms with Crippen LogP contribution in [0.25, 0.3) is 0 Å². The largest absolute Gasteiger partial charge is 0.362 e. The first-order valence-electron chi connectivity index (χ1n) is 5.22. The van der Waals surface area contributed by atoms with E-state index in [0.717, 1.165) is 11.3 Å². The lowest BCUT2D eigenvalue weighted by Gasteiger charge is -2.10. The van der Waals surface area contributed by atoms with Crippen LogP contribution in [0.5, 0.6) is 0 Å². The van der Waals surface area contributed by atoms with Crippen LogP contribution < -0.4 is 10.6 Å².